The van der Waals surface area contributed by atoms with E-state index in [1.807, 2.05) is 42.5 Å². The second kappa shape index (κ2) is 10.2. The molecule has 0 aliphatic heterocycles. The average molecular weight is 316 g/mol. The van der Waals surface area contributed by atoms with Crippen molar-refractivity contribution in [1.29, 1.82) is 0 Å². The van der Waals surface area contributed by atoms with Gasteiger partial charge in [-0.15, -0.1) is 0 Å². The summed E-state index contributed by atoms with van der Waals surface area (Å²) < 4.78 is 0. The van der Waals surface area contributed by atoms with Gasteiger partial charge in [0.15, 0.2) is 0 Å². The van der Waals surface area contributed by atoms with E-state index >= 15 is 0 Å². The SMILES string of the molecule is C=C/C(CC)=C(/C)C(=C)c1ccccc1C=C.Cc1ccccc1. The molecule has 0 aromatic heterocycles. The minimum absolute atomic E-state index is 0.977. The zero-order valence-electron chi connectivity index (χ0n) is 15.2. The Kier molecular flexibility index (Phi) is 8.29. The van der Waals surface area contributed by atoms with E-state index in [4.69, 9.17) is 0 Å². The summed E-state index contributed by atoms with van der Waals surface area (Å²) in [5.74, 6) is 0. The van der Waals surface area contributed by atoms with Crippen LogP contribution in [-0.4, -0.2) is 0 Å². The summed E-state index contributed by atoms with van der Waals surface area (Å²) in [6.07, 6.45) is 4.76. The third-order valence-corrected chi connectivity index (χ3v) is 4.01. The van der Waals surface area contributed by atoms with Gasteiger partial charge in [-0.25, -0.2) is 0 Å². The van der Waals surface area contributed by atoms with Crippen molar-refractivity contribution in [2.45, 2.75) is 27.2 Å². The maximum absolute atomic E-state index is 4.20. The zero-order valence-corrected chi connectivity index (χ0v) is 15.2. The second-order valence-electron chi connectivity index (χ2n) is 5.63. The summed E-state index contributed by atoms with van der Waals surface area (Å²) in [7, 11) is 0. The Morgan fingerprint density at radius 2 is 1.54 bits per heavy atom. The molecule has 2 aromatic rings. The Hall–Kier alpha value is -2.60. The summed E-state index contributed by atoms with van der Waals surface area (Å²) in [5.41, 5.74) is 7.09. The molecule has 0 atom stereocenters. The molecule has 0 fully saturated rings. The molecule has 0 heteroatoms. The molecule has 0 spiro atoms. The number of hydrogen-bond acceptors (Lipinski definition) is 0. The lowest BCUT2D eigenvalue weighted by molar-refractivity contribution is 1.12. The van der Waals surface area contributed by atoms with E-state index in [2.05, 4.69) is 64.8 Å². The maximum Gasteiger partial charge on any atom is -0.0115 e. The summed E-state index contributed by atoms with van der Waals surface area (Å²) in [4.78, 5) is 0. The van der Waals surface area contributed by atoms with Crippen molar-refractivity contribution < 1.29 is 0 Å². The fourth-order valence-corrected chi connectivity index (χ4v) is 2.44. The first-order chi connectivity index (χ1) is 11.5. The molecule has 0 aliphatic rings. The number of allylic oxidation sites excluding steroid dienone is 4. The van der Waals surface area contributed by atoms with E-state index in [0.29, 0.717) is 0 Å². The summed E-state index contributed by atoms with van der Waals surface area (Å²) in [6.45, 7) is 18.2. The molecule has 0 radical (unpaired) electrons. The van der Waals surface area contributed by atoms with Crippen LogP contribution < -0.4 is 0 Å². The summed E-state index contributed by atoms with van der Waals surface area (Å²) in [5, 5.41) is 0. The molecule has 0 saturated heterocycles. The fraction of sp³-hybridized carbons (Fsp3) is 0.167. The Morgan fingerprint density at radius 3 is 2.00 bits per heavy atom. The normalized spacial score (nSPS) is 10.8. The molecule has 0 unspecified atom stereocenters. The molecule has 0 nitrogen and oxygen atoms in total. The van der Waals surface area contributed by atoms with Crippen molar-refractivity contribution in [3.8, 4) is 0 Å². The highest BCUT2D eigenvalue weighted by atomic mass is 14.1. The third kappa shape index (κ3) is 5.55. The van der Waals surface area contributed by atoms with Gasteiger partial charge in [0, 0.05) is 0 Å². The van der Waals surface area contributed by atoms with Crippen LogP contribution in [0.2, 0.25) is 0 Å². The number of rotatable bonds is 5. The Bertz CT molecular complexity index is 715. The fourth-order valence-electron chi connectivity index (χ4n) is 2.44. The van der Waals surface area contributed by atoms with Crippen molar-refractivity contribution in [2.75, 3.05) is 0 Å². The van der Waals surface area contributed by atoms with Gasteiger partial charge in [0.1, 0.15) is 0 Å². The zero-order chi connectivity index (χ0) is 17.9. The minimum atomic E-state index is 0.977. The largest absolute Gasteiger partial charge is 0.0988 e. The van der Waals surface area contributed by atoms with Crippen LogP contribution in [0.15, 0.2) is 91.6 Å². The van der Waals surface area contributed by atoms with Crippen LogP contribution in [0.4, 0.5) is 0 Å². The molecule has 2 rings (SSSR count). The maximum atomic E-state index is 4.20. The smallest absolute Gasteiger partial charge is 0.0115 e. The van der Waals surface area contributed by atoms with Gasteiger partial charge in [0.2, 0.25) is 0 Å². The van der Waals surface area contributed by atoms with Gasteiger partial charge >= 0.3 is 0 Å². The molecule has 24 heavy (non-hydrogen) atoms. The molecule has 0 aliphatic carbocycles. The van der Waals surface area contributed by atoms with Crippen LogP contribution in [0, 0.1) is 6.92 Å². The van der Waals surface area contributed by atoms with Crippen LogP contribution in [0.1, 0.15) is 37.0 Å². The van der Waals surface area contributed by atoms with E-state index < -0.39 is 0 Å². The van der Waals surface area contributed by atoms with Crippen molar-refractivity contribution >= 4 is 11.6 Å². The van der Waals surface area contributed by atoms with E-state index in [0.717, 1.165) is 23.1 Å². The van der Waals surface area contributed by atoms with Gasteiger partial charge in [0.25, 0.3) is 0 Å². The van der Waals surface area contributed by atoms with Gasteiger partial charge in [-0.1, -0.05) is 99.0 Å². The molecule has 124 valence electrons. The first kappa shape index (κ1) is 19.4. The molecule has 0 bridgehead atoms. The minimum Gasteiger partial charge on any atom is -0.0988 e. The number of aryl methyl sites for hydroxylation is 1. The van der Waals surface area contributed by atoms with Gasteiger partial charge in [0.05, 0.1) is 0 Å². The Labute approximate surface area is 147 Å². The quantitative estimate of drug-likeness (QED) is 0.509. The van der Waals surface area contributed by atoms with Crippen LogP contribution in [0.3, 0.4) is 0 Å². The molecular weight excluding hydrogens is 288 g/mol. The molecule has 0 amide bonds. The second-order valence-corrected chi connectivity index (χ2v) is 5.63. The van der Waals surface area contributed by atoms with Crippen LogP contribution in [0.5, 0.6) is 0 Å². The lowest BCUT2D eigenvalue weighted by atomic mass is 9.92. The van der Waals surface area contributed by atoms with Gasteiger partial charge in [-0.3, -0.25) is 0 Å². The topological polar surface area (TPSA) is 0 Å². The first-order valence-corrected chi connectivity index (χ1v) is 8.30. The monoisotopic (exact) mass is 316 g/mol. The predicted molar refractivity (Wildman–Crippen MR) is 110 cm³/mol. The lowest BCUT2D eigenvalue weighted by Crippen LogP contribution is -1.92. The molecule has 0 heterocycles. The summed E-state index contributed by atoms with van der Waals surface area (Å²) >= 11 is 0. The van der Waals surface area contributed by atoms with Crippen LogP contribution in [-0.2, 0) is 0 Å². The molecule has 0 N–H and O–H groups in total. The average Bonchev–Trinajstić information content (AvgIpc) is 2.63. The Balaban J connectivity index is 0.000000341. The van der Waals surface area contributed by atoms with Crippen LogP contribution >= 0.6 is 0 Å². The standard InChI is InChI=1S/C17H20.C7H8/c1-6-15(7-2)13(4)14(5)17-12-10-9-11-16(17)8-3;1-7-5-3-2-4-6-7/h6,8-12H,1,3,5,7H2,2,4H3;2-6H,1H3/b15-13+;. The van der Waals surface area contributed by atoms with Gasteiger partial charge < -0.3 is 0 Å². The van der Waals surface area contributed by atoms with E-state index in [9.17, 15) is 0 Å². The molecule has 2 aromatic carbocycles. The van der Waals surface area contributed by atoms with Crippen molar-refractivity contribution in [2.24, 2.45) is 0 Å². The van der Waals surface area contributed by atoms with Crippen molar-refractivity contribution in [3.63, 3.8) is 0 Å². The highest BCUT2D eigenvalue weighted by Gasteiger charge is 2.07. The molecule has 0 saturated carbocycles. The highest BCUT2D eigenvalue weighted by molar-refractivity contribution is 5.82. The van der Waals surface area contributed by atoms with Crippen molar-refractivity contribution in [1.82, 2.24) is 0 Å². The first-order valence-electron chi connectivity index (χ1n) is 8.30. The lowest BCUT2D eigenvalue weighted by Gasteiger charge is -2.13. The summed E-state index contributed by atoms with van der Waals surface area (Å²) in [6, 6.07) is 18.4. The number of benzene rings is 2. The molecular formula is C24H28. The van der Waals surface area contributed by atoms with Gasteiger partial charge in [-0.05, 0) is 48.1 Å². The van der Waals surface area contributed by atoms with Crippen molar-refractivity contribution in [3.05, 3.63) is 108 Å². The van der Waals surface area contributed by atoms with E-state index in [1.165, 1.54) is 16.7 Å². The van der Waals surface area contributed by atoms with Crippen LogP contribution in [0.25, 0.3) is 11.6 Å². The number of hydrogen-bond donors (Lipinski definition) is 0. The predicted octanol–water partition coefficient (Wildman–Crippen LogP) is 7.25. The Morgan fingerprint density at radius 1 is 0.958 bits per heavy atom. The third-order valence-electron chi connectivity index (χ3n) is 4.01. The highest BCUT2D eigenvalue weighted by Crippen LogP contribution is 2.28. The van der Waals surface area contributed by atoms with E-state index in [1.54, 1.807) is 0 Å². The van der Waals surface area contributed by atoms with E-state index in [-0.39, 0.29) is 0 Å². The van der Waals surface area contributed by atoms with Gasteiger partial charge in [-0.2, -0.15) is 0 Å².